The predicted molar refractivity (Wildman–Crippen MR) is 76.8 cm³/mol. The van der Waals surface area contributed by atoms with Crippen LogP contribution in [-0.2, 0) is 10.3 Å². The van der Waals surface area contributed by atoms with Gasteiger partial charge in [-0.1, -0.05) is 12.1 Å². The van der Waals surface area contributed by atoms with E-state index in [1.54, 1.807) is 6.08 Å². The maximum Gasteiger partial charge on any atom is 0.234 e. The summed E-state index contributed by atoms with van der Waals surface area (Å²) >= 11 is 0. The minimum absolute atomic E-state index is 0.0567. The molecule has 0 atom stereocenters. The predicted octanol–water partition coefficient (Wildman–Crippen LogP) is 1.54. The number of carbonyl (C=O) groups is 1. The highest BCUT2D eigenvalue weighted by molar-refractivity contribution is 5.78. The fraction of sp³-hybridized carbons (Fsp3) is 0.400. The molecule has 1 aromatic rings. The Bertz CT molecular complexity index is 512. The van der Waals surface area contributed by atoms with Gasteiger partial charge in [-0.25, -0.2) is 0 Å². The van der Waals surface area contributed by atoms with E-state index >= 15 is 0 Å². The summed E-state index contributed by atoms with van der Waals surface area (Å²) < 4.78 is 10.7. The number of hydrogen-bond acceptors (Lipinski definition) is 4. The van der Waals surface area contributed by atoms with Crippen LogP contribution < -0.4 is 20.1 Å². The smallest absolute Gasteiger partial charge is 0.234 e. The van der Waals surface area contributed by atoms with E-state index in [9.17, 15) is 4.79 Å². The molecule has 0 bridgehead atoms. The van der Waals surface area contributed by atoms with Gasteiger partial charge in [0.2, 0.25) is 12.7 Å². The Morgan fingerprint density at radius 3 is 2.90 bits per heavy atom. The van der Waals surface area contributed by atoms with Crippen LogP contribution in [0.5, 0.6) is 11.5 Å². The summed E-state index contributed by atoms with van der Waals surface area (Å²) in [5, 5.41) is 5.97. The van der Waals surface area contributed by atoms with Crippen LogP contribution in [0.1, 0.15) is 19.4 Å². The average Bonchev–Trinajstić information content (AvgIpc) is 2.90. The molecule has 1 heterocycles. The molecule has 1 amide bonds. The van der Waals surface area contributed by atoms with Gasteiger partial charge in [-0.05, 0) is 31.5 Å². The van der Waals surface area contributed by atoms with Crippen molar-refractivity contribution in [3.05, 3.63) is 36.4 Å². The molecule has 1 aliphatic rings. The van der Waals surface area contributed by atoms with Crippen molar-refractivity contribution in [2.75, 3.05) is 19.9 Å². The molecule has 2 rings (SSSR count). The summed E-state index contributed by atoms with van der Waals surface area (Å²) in [7, 11) is 0. The third-order valence-corrected chi connectivity index (χ3v) is 3.23. The molecule has 5 nitrogen and oxygen atoms in total. The first-order valence-electron chi connectivity index (χ1n) is 6.55. The molecule has 108 valence electrons. The molecule has 0 spiro atoms. The van der Waals surface area contributed by atoms with Crippen LogP contribution >= 0.6 is 0 Å². The summed E-state index contributed by atoms with van der Waals surface area (Å²) in [6.45, 7) is 8.58. The highest BCUT2D eigenvalue weighted by atomic mass is 16.7. The number of amides is 1. The molecule has 2 N–H and O–H groups in total. The monoisotopic (exact) mass is 276 g/mol. The Labute approximate surface area is 119 Å². The molecule has 0 saturated carbocycles. The molecular weight excluding hydrogens is 256 g/mol. The maximum absolute atomic E-state index is 11.6. The lowest BCUT2D eigenvalue weighted by Gasteiger charge is -2.27. The topological polar surface area (TPSA) is 59.6 Å². The molecule has 20 heavy (non-hydrogen) atoms. The number of fused-ring (bicyclic) bond motifs is 1. The van der Waals surface area contributed by atoms with E-state index in [2.05, 4.69) is 17.2 Å². The second-order valence-corrected chi connectivity index (χ2v) is 5.14. The van der Waals surface area contributed by atoms with Crippen molar-refractivity contribution in [1.29, 1.82) is 0 Å². The zero-order valence-corrected chi connectivity index (χ0v) is 11.9. The highest BCUT2D eigenvalue weighted by Gasteiger charge is 2.24. The summed E-state index contributed by atoms with van der Waals surface area (Å²) in [6, 6.07) is 5.80. The van der Waals surface area contributed by atoms with E-state index in [4.69, 9.17) is 9.47 Å². The largest absolute Gasteiger partial charge is 0.454 e. The van der Waals surface area contributed by atoms with Crippen molar-refractivity contribution in [2.45, 2.75) is 19.4 Å². The molecule has 0 radical (unpaired) electrons. The van der Waals surface area contributed by atoms with E-state index in [1.807, 2.05) is 32.0 Å². The van der Waals surface area contributed by atoms with E-state index in [1.165, 1.54) is 0 Å². The van der Waals surface area contributed by atoms with Crippen LogP contribution in [0.3, 0.4) is 0 Å². The Kier molecular flexibility index (Phi) is 4.29. The number of nitrogens with one attached hydrogen (secondary N) is 2. The third-order valence-electron chi connectivity index (χ3n) is 3.23. The van der Waals surface area contributed by atoms with Gasteiger partial charge in [0.25, 0.3) is 0 Å². The normalized spacial score (nSPS) is 13.1. The van der Waals surface area contributed by atoms with Crippen LogP contribution in [0.4, 0.5) is 0 Å². The lowest BCUT2D eigenvalue weighted by Crippen LogP contribution is -2.43. The number of carbonyl (C=O) groups excluding carboxylic acids is 1. The van der Waals surface area contributed by atoms with E-state index in [0.717, 1.165) is 17.1 Å². The highest BCUT2D eigenvalue weighted by Crippen LogP contribution is 2.35. The summed E-state index contributed by atoms with van der Waals surface area (Å²) in [6.07, 6.45) is 1.65. The molecule has 0 saturated heterocycles. The van der Waals surface area contributed by atoms with E-state index < -0.39 is 0 Å². The molecule has 0 aliphatic carbocycles. The van der Waals surface area contributed by atoms with Gasteiger partial charge in [0.1, 0.15) is 0 Å². The second-order valence-electron chi connectivity index (χ2n) is 5.14. The first-order valence-corrected chi connectivity index (χ1v) is 6.55. The van der Waals surface area contributed by atoms with Gasteiger partial charge in [-0.15, -0.1) is 6.58 Å². The van der Waals surface area contributed by atoms with Gasteiger partial charge in [0, 0.05) is 12.1 Å². The number of rotatable bonds is 6. The van der Waals surface area contributed by atoms with Crippen LogP contribution in [0.2, 0.25) is 0 Å². The van der Waals surface area contributed by atoms with Crippen molar-refractivity contribution in [3.8, 4) is 11.5 Å². The molecule has 0 unspecified atom stereocenters. The molecule has 0 aromatic heterocycles. The van der Waals surface area contributed by atoms with Crippen molar-refractivity contribution in [3.63, 3.8) is 0 Å². The zero-order valence-electron chi connectivity index (χ0n) is 11.9. The van der Waals surface area contributed by atoms with Crippen molar-refractivity contribution >= 4 is 5.91 Å². The fourth-order valence-corrected chi connectivity index (χ4v) is 1.94. The Morgan fingerprint density at radius 1 is 1.40 bits per heavy atom. The Morgan fingerprint density at radius 2 is 2.15 bits per heavy atom. The molecular formula is C15H20N2O3. The first kappa shape index (κ1) is 14.4. The van der Waals surface area contributed by atoms with E-state index in [0.29, 0.717) is 6.54 Å². The van der Waals surface area contributed by atoms with Gasteiger partial charge < -0.3 is 14.8 Å². The van der Waals surface area contributed by atoms with Crippen LogP contribution in [0, 0.1) is 0 Å². The van der Waals surface area contributed by atoms with Crippen LogP contribution in [-0.4, -0.2) is 25.8 Å². The lowest BCUT2D eigenvalue weighted by molar-refractivity contribution is -0.120. The Balaban J connectivity index is 1.99. The van der Waals surface area contributed by atoms with Crippen LogP contribution in [0.15, 0.2) is 30.9 Å². The maximum atomic E-state index is 11.6. The number of hydrogen-bond donors (Lipinski definition) is 2. The van der Waals surface area contributed by atoms with Gasteiger partial charge in [-0.2, -0.15) is 0 Å². The SMILES string of the molecule is C=CCNC(=O)CNC(C)(C)c1ccc2c(c1)OCO2. The summed E-state index contributed by atoms with van der Waals surface area (Å²) in [5.74, 6) is 1.44. The van der Waals surface area contributed by atoms with Crippen molar-refractivity contribution in [1.82, 2.24) is 10.6 Å². The number of ether oxygens (including phenoxy) is 2. The minimum atomic E-state index is -0.341. The number of benzene rings is 1. The van der Waals surface area contributed by atoms with Crippen molar-refractivity contribution < 1.29 is 14.3 Å². The molecule has 5 heteroatoms. The van der Waals surface area contributed by atoms with E-state index in [-0.39, 0.29) is 24.8 Å². The molecule has 1 aromatic carbocycles. The second kappa shape index (κ2) is 5.96. The van der Waals surface area contributed by atoms with Crippen LogP contribution in [0.25, 0.3) is 0 Å². The summed E-state index contributed by atoms with van der Waals surface area (Å²) in [4.78, 5) is 11.6. The van der Waals surface area contributed by atoms with Gasteiger partial charge in [0.05, 0.1) is 6.54 Å². The average molecular weight is 276 g/mol. The molecule has 1 aliphatic heterocycles. The fourth-order valence-electron chi connectivity index (χ4n) is 1.94. The minimum Gasteiger partial charge on any atom is -0.454 e. The molecule has 0 fully saturated rings. The lowest BCUT2D eigenvalue weighted by atomic mass is 9.94. The first-order chi connectivity index (χ1) is 9.53. The Hall–Kier alpha value is -2.01. The van der Waals surface area contributed by atoms with Crippen molar-refractivity contribution in [2.24, 2.45) is 0 Å². The standard InChI is InChI=1S/C15H20N2O3/c1-4-7-16-14(18)9-17-15(2,3)11-5-6-12-13(8-11)20-10-19-12/h4-6,8,17H,1,7,9-10H2,2-3H3,(H,16,18). The van der Waals surface area contributed by atoms with Gasteiger partial charge in [-0.3, -0.25) is 10.1 Å². The zero-order chi connectivity index (χ0) is 14.6. The summed E-state index contributed by atoms with van der Waals surface area (Å²) in [5.41, 5.74) is 0.699. The quantitative estimate of drug-likeness (QED) is 0.774. The van der Waals surface area contributed by atoms with Gasteiger partial charge >= 0.3 is 0 Å². The van der Waals surface area contributed by atoms with Gasteiger partial charge in [0.15, 0.2) is 11.5 Å². The third kappa shape index (κ3) is 3.30.